The average molecular weight is 391 g/mol. The van der Waals surface area contributed by atoms with E-state index < -0.39 is 0 Å². The normalized spacial score (nSPS) is 17.8. The molecule has 1 unspecified atom stereocenters. The fraction of sp³-hybridized carbons (Fsp3) is 0.684. The second-order valence-electron chi connectivity index (χ2n) is 7.14. The van der Waals surface area contributed by atoms with E-state index in [4.69, 9.17) is 9.47 Å². The summed E-state index contributed by atoms with van der Waals surface area (Å²) in [4.78, 5) is 38.3. The highest BCUT2D eigenvalue weighted by Crippen LogP contribution is 2.19. The van der Waals surface area contributed by atoms with Crippen molar-refractivity contribution in [2.75, 3.05) is 26.8 Å². The zero-order valence-corrected chi connectivity index (χ0v) is 16.9. The number of piperidine rings is 1. The Hall–Kier alpha value is -2.42. The molecule has 0 radical (unpaired) electrons. The molecule has 0 spiro atoms. The third kappa shape index (κ3) is 4.35. The number of rotatable bonds is 8. The van der Waals surface area contributed by atoms with Crippen LogP contribution in [0.4, 0.5) is 0 Å². The van der Waals surface area contributed by atoms with Gasteiger partial charge >= 0.3 is 17.7 Å². The highest BCUT2D eigenvalue weighted by Gasteiger charge is 2.29. The summed E-state index contributed by atoms with van der Waals surface area (Å²) in [5.41, 5.74) is 1.61. The standard InChI is InChI=1S/C19H29N5O4/c1-4-5-12-28-18-20-13(2)15-16(22-18)24(19(26)21-15)11-10-23-9-7-6-8-14(23)17(25)27-3/h14H,4-12H2,1-3H3,(H,21,26). The van der Waals surface area contributed by atoms with Gasteiger partial charge in [0.2, 0.25) is 0 Å². The number of carbonyl (C=O) groups is 1. The van der Waals surface area contributed by atoms with Crippen molar-refractivity contribution in [3.05, 3.63) is 16.2 Å². The molecule has 0 bridgehead atoms. The van der Waals surface area contributed by atoms with E-state index in [0.29, 0.717) is 36.6 Å². The van der Waals surface area contributed by atoms with Crippen LogP contribution in [0.15, 0.2) is 4.79 Å². The predicted molar refractivity (Wildman–Crippen MR) is 105 cm³/mol. The number of likely N-dealkylation sites (tertiary alicyclic amines) is 1. The van der Waals surface area contributed by atoms with Gasteiger partial charge in [-0.2, -0.15) is 9.97 Å². The molecule has 2 aromatic rings. The second kappa shape index (κ2) is 9.18. The van der Waals surface area contributed by atoms with E-state index in [1.165, 1.54) is 7.11 Å². The average Bonchev–Trinajstić information content (AvgIpc) is 3.02. The number of imidazole rings is 1. The summed E-state index contributed by atoms with van der Waals surface area (Å²) in [5, 5.41) is 0. The number of methoxy groups -OCH3 is 1. The van der Waals surface area contributed by atoms with Gasteiger partial charge in [-0.15, -0.1) is 0 Å². The molecule has 1 saturated heterocycles. The molecule has 0 aliphatic carbocycles. The number of aryl methyl sites for hydroxylation is 1. The van der Waals surface area contributed by atoms with Crippen LogP contribution in [0, 0.1) is 6.92 Å². The molecule has 154 valence electrons. The highest BCUT2D eigenvalue weighted by molar-refractivity contribution is 5.75. The summed E-state index contributed by atoms with van der Waals surface area (Å²) in [6.45, 7) is 6.28. The summed E-state index contributed by atoms with van der Waals surface area (Å²) >= 11 is 0. The van der Waals surface area contributed by atoms with Crippen LogP contribution in [0.1, 0.15) is 44.7 Å². The predicted octanol–water partition coefficient (Wildman–Crippen LogP) is 1.63. The Kier molecular flexibility index (Phi) is 6.66. The maximum Gasteiger partial charge on any atom is 0.327 e. The highest BCUT2D eigenvalue weighted by atomic mass is 16.5. The second-order valence-corrected chi connectivity index (χ2v) is 7.14. The molecule has 0 aromatic carbocycles. The van der Waals surface area contributed by atoms with E-state index >= 15 is 0 Å². The first-order valence-electron chi connectivity index (χ1n) is 9.97. The number of aromatic amines is 1. The van der Waals surface area contributed by atoms with Crippen LogP contribution >= 0.6 is 0 Å². The van der Waals surface area contributed by atoms with Crippen LogP contribution in [0.3, 0.4) is 0 Å². The van der Waals surface area contributed by atoms with Crippen molar-refractivity contribution >= 4 is 17.1 Å². The molecule has 0 saturated carbocycles. The lowest BCUT2D eigenvalue weighted by atomic mass is 10.0. The van der Waals surface area contributed by atoms with Gasteiger partial charge in [-0.05, 0) is 32.7 Å². The van der Waals surface area contributed by atoms with E-state index in [2.05, 4.69) is 26.8 Å². The fourth-order valence-electron chi connectivity index (χ4n) is 3.61. The number of carbonyl (C=O) groups excluding carboxylic acids is 1. The first-order chi connectivity index (χ1) is 13.5. The van der Waals surface area contributed by atoms with Crippen molar-refractivity contribution in [3.8, 4) is 6.01 Å². The molecule has 2 aromatic heterocycles. The number of fused-ring (bicyclic) bond motifs is 1. The lowest BCUT2D eigenvalue weighted by Gasteiger charge is -2.33. The first kappa shape index (κ1) is 20.3. The van der Waals surface area contributed by atoms with Gasteiger partial charge < -0.3 is 14.5 Å². The van der Waals surface area contributed by atoms with Gasteiger partial charge in [-0.25, -0.2) is 4.79 Å². The van der Waals surface area contributed by atoms with Crippen LogP contribution in [0.25, 0.3) is 11.2 Å². The minimum absolute atomic E-state index is 0.212. The fourth-order valence-corrected chi connectivity index (χ4v) is 3.61. The Morgan fingerprint density at radius 2 is 2.11 bits per heavy atom. The number of esters is 1. The third-order valence-corrected chi connectivity index (χ3v) is 5.21. The minimum Gasteiger partial charge on any atom is -0.468 e. The van der Waals surface area contributed by atoms with Crippen molar-refractivity contribution in [2.24, 2.45) is 0 Å². The van der Waals surface area contributed by atoms with Gasteiger partial charge in [0.1, 0.15) is 11.6 Å². The van der Waals surface area contributed by atoms with Gasteiger partial charge in [0.15, 0.2) is 5.65 Å². The molecular weight excluding hydrogens is 362 g/mol. The molecule has 1 fully saturated rings. The summed E-state index contributed by atoms with van der Waals surface area (Å²) in [7, 11) is 1.42. The zero-order valence-electron chi connectivity index (χ0n) is 16.9. The van der Waals surface area contributed by atoms with E-state index in [9.17, 15) is 9.59 Å². The van der Waals surface area contributed by atoms with Gasteiger partial charge in [0.05, 0.1) is 19.4 Å². The minimum atomic E-state index is -0.246. The molecule has 1 aliphatic rings. The summed E-state index contributed by atoms with van der Waals surface area (Å²) in [6, 6.07) is 0.0422. The largest absolute Gasteiger partial charge is 0.468 e. The summed E-state index contributed by atoms with van der Waals surface area (Å²) in [5.74, 6) is -0.212. The molecule has 9 heteroatoms. The summed E-state index contributed by atoms with van der Waals surface area (Å²) in [6.07, 6.45) is 4.77. The maximum atomic E-state index is 12.5. The topological polar surface area (TPSA) is 102 Å². The van der Waals surface area contributed by atoms with Crippen molar-refractivity contribution in [1.82, 2.24) is 24.4 Å². The van der Waals surface area contributed by atoms with E-state index in [1.807, 2.05) is 6.92 Å². The van der Waals surface area contributed by atoms with E-state index in [1.54, 1.807) is 4.57 Å². The van der Waals surface area contributed by atoms with E-state index in [-0.39, 0.29) is 23.7 Å². The SMILES string of the molecule is CCCCOc1nc(C)c2[nH]c(=O)n(CCN3CCCCC3C(=O)OC)c2n1. The number of hydrogen-bond acceptors (Lipinski definition) is 7. The zero-order chi connectivity index (χ0) is 20.1. The molecule has 0 amide bonds. The van der Waals surface area contributed by atoms with Crippen LogP contribution in [-0.2, 0) is 16.1 Å². The quantitative estimate of drug-likeness (QED) is 0.539. The molecule has 1 N–H and O–H groups in total. The van der Waals surface area contributed by atoms with E-state index in [0.717, 1.165) is 38.6 Å². The number of nitrogens with one attached hydrogen (secondary N) is 1. The van der Waals surface area contributed by atoms with Gasteiger partial charge in [-0.1, -0.05) is 19.8 Å². The Labute approximate surface area is 164 Å². The van der Waals surface area contributed by atoms with Gasteiger partial charge in [0.25, 0.3) is 0 Å². The molecule has 3 rings (SSSR count). The van der Waals surface area contributed by atoms with Crippen molar-refractivity contribution in [1.29, 1.82) is 0 Å². The van der Waals surface area contributed by atoms with Gasteiger partial charge in [-0.3, -0.25) is 14.3 Å². The van der Waals surface area contributed by atoms with Crippen LogP contribution < -0.4 is 10.4 Å². The van der Waals surface area contributed by atoms with Crippen molar-refractivity contribution in [3.63, 3.8) is 0 Å². The number of H-pyrrole nitrogens is 1. The Balaban J connectivity index is 1.80. The number of unbranched alkanes of at least 4 members (excludes halogenated alkanes) is 1. The number of nitrogens with zero attached hydrogens (tertiary/aromatic N) is 4. The molecule has 1 atom stereocenters. The summed E-state index contributed by atoms with van der Waals surface area (Å²) < 4.78 is 12.2. The smallest absolute Gasteiger partial charge is 0.327 e. The molecule has 1 aliphatic heterocycles. The van der Waals surface area contributed by atoms with Crippen LogP contribution in [0.5, 0.6) is 6.01 Å². The third-order valence-electron chi connectivity index (χ3n) is 5.21. The first-order valence-corrected chi connectivity index (χ1v) is 9.97. The lowest BCUT2D eigenvalue weighted by molar-refractivity contribution is -0.148. The molecule has 28 heavy (non-hydrogen) atoms. The monoisotopic (exact) mass is 391 g/mol. The molecular formula is C19H29N5O4. The number of ether oxygens (including phenoxy) is 2. The van der Waals surface area contributed by atoms with Crippen LogP contribution in [0.2, 0.25) is 0 Å². The van der Waals surface area contributed by atoms with Crippen molar-refractivity contribution < 1.29 is 14.3 Å². The molecule has 9 nitrogen and oxygen atoms in total. The van der Waals surface area contributed by atoms with Crippen molar-refractivity contribution in [2.45, 2.75) is 58.5 Å². The Morgan fingerprint density at radius 1 is 1.29 bits per heavy atom. The van der Waals surface area contributed by atoms with Gasteiger partial charge in [0, 0.05) is 13.1 Å². The molecule has 3 heterocycles. The lowest BCUT2D eigenvalue weighted by Crippen LogP contribution is -2.46. The maximum absolute atomic E-state index is 12.5. The Bertz CT molecular complexity index is 875. The number of aromatic nitrogens is 4. The Morgan fingerprint density at radius 3 is 2.86 bits per heavy atom. The van der Waals surface area contributed by atoms with Crippen LogP contribution in [-0.4, -0.2) is 63.2 Å². The number of hydrogen-bond donors (Lipinski definition) is 1.